The molecular weight excluding hydrogens is 542 g/mol. The average Bonchev–Trinajstić information content (AvgIpc) is 2.69. The van der Waals surface area contributed by atoms with Gasteiger partial charge in [-0.15, -0.1) is 24.0 Å². The van der Waals surface area contributed by atoms with Gasteiger partial charge in [0.15, 0.2) is 15.8 Å². The largest absolute Gasteiger partial charge is 0.416 e. The summed E-state index contributed by atoms with van der Waals surface area (Å²) in [7, 11) is -3.23. The molecular formula is C21H27F3IN3O2S. The number of nitrogens with zero attached hydrogens (tertiary/aromatic N) is 1. The van der Waals surface area contributed by atoms with E-state index in [1.165, 1.54) is 6.07 Å². The molecule has 0 saturated heterocycles. The zero-order valence-electron chi connectivity index (χ0n) is 17.2. The Labute approximate surface area is 198 Å². The van der Waals surface area contributed by atoms with Gasteiger partial charge in [-0.1, -0.05) is 42.5 Å². The van der Waals surface area contributed by atoms with Crippen LogP contribution in [-0.2, 0) is 28.3 Å². The molecule has 0 atom stereocenters. The molecule has 0 radical (unpaired) electrons. The Morgan fingerprint density at radius 3 is 2.32 bits per heavy atom. The summed E-state index contributed by atoms with van der Waals surface area (Å²) in [5.41, 5.74) is 0.477. The van der Waals surface area contributed by atoms with Crippen molar-refractivity contribution < 1.29 is 21.6 Å². The summed E-state index contributed by atoms with van der Waals surface area (Å²) >= 11 is 0. The van der Waals surface area contributed by atoms with Crippen molar-refractivity contribution in [3.8, 4) is 0 Å². The van der Waals surface area contributed by atoms with Gasteiger partial charge >= 0.3 is 6.18 Å². The van der Waals surface area contributed by atoms with Crippen LogP contribution in [0.15, 0.2) is 59.6 Å². The number of rotatable bonds is 9. The van der Waals surface area contributed by atoms with Gasteiger partial charge in [-0.3, -0.25) is 0 Å². The molecule has 0 saturated carbocycles. The van der Waals surface area contributed by atoms with Crippen molar-refractivity contribution in [3.63, 3.8) is 0 Å². The first-order chi connectivity index (χ1) is 14.2. The van der Waals surface area contributed by atoms with E-state index in [9.17, 15) is 21.6 Å². The van der Waals surface area contributed by atoms with Crippen LogP contribution in [0.25, 0.3) is 0 Å². The molecule has 2 aromatic carbocycles. The molecule has 0 bridgehead atoms. The van der Waals surface area contributed by atoms with Crippen molar-refractivity contribution in [2.75, 3.05) is 18.8 Å². The average molecular weight is 569 g/mol. The molecule has 0 fully saturated rings. The van der Waals surface area contributed by atoms with Crippen molar-refractivity contribution >= 4 is 39.8 Å². The van der Waals surface area contributed by atoms with E-state index in [-0.39, 0.29) is 42.0 Å². The van der Waals surface area contributed by atoms with E-state index in [1.807, 2.05) is 13.0 Å². The Balaban J connectivity index is 0.00000480. The molecule has 172 valence electrons. The Kier molecular flexibility index (Phi) is 11.3. The lowest BCUT2D eigenvalue weighted by Gasteiger charge is -2.12. The van der Waals surface area contributed by atoms with Crippen molar-refractivity contribution in [1.29, 1.82) is 0 Å². The first-order valence-corrected chi connectivity index (χ1v) is 11.4. The third-order valence-corrected chi connectivity index (χ3v) is 5.86. The monoisotopic (exact) mass is 569 g/mol. The quantitative estimate of drug-likeness (QED) is 0.204. The summed E-state index contributed by atoms with van der Waals surface area (Å²) in [6.07, 6.45) is -4.00. The fourth-order valence-corrected chi connectivity index (χ4v) is 4.19. The molecule has 5 nitrogen and oxygen atoms in total. The molecule has 0 heterocycles. The molecule has 2 aromatic rings. The molecule has 2 rings (SSSR count). The Morgan fingerprint density at radius 1 is 1.00 bits per heavy atom. The normalized spacial score (nSPS) is 12.2. The van der Waals surface area contributed by atoms with Crippen LogP contribution in [0.1, 0.15) is 30.0 Å². The zero-order chi connectivity index (χ0) is 22.0. The highest BCUT2D eigenvalue weighted by molar-refractivity contribution is 14.0. The number of hydrogen-bond donors (Lipinski definition) is 2. The number of benzene rings is 2. The predicted molar refractivity (Wildman–Crippen MR) is 128 cm³/mol. The van der Waals surface area contributed by atoms with Crippen LogP contribution in [-0.4, -0.2) is 33.2 Å². The van der Waals surface area contributed by atoms with Crippen LogP contribution in [0.4, 0.5) is 13.2 Å². The Bertz CT molecular complexity index is 936. The maximum atomic E-state index is 12.8. The van der Waals surface area contributed by atoms with Crippen LogP contribution < -0.4 is 10.6 Å². The molecule has 0 aromatic heterocycles. The van der Waals surface area contributed by atoms with E-state index in [4.69, 9.17) is 0 Å². The molecule has 0 amide bonds. The first kappa shape index (κ1) is 27.2. The first-order valence-electron chi connectivity index (χ1n) is 9.62. The van der Waals surface area contributed by atoms with Crippen LogP contribution in [0.2, 0.25) is 0 Å². The molecule has 0 unspecified atom stereocenters. The minimum absolute atomic E-state index is 0. The van der Waals surface area contributed by atoms with Gasteiger partial charge in [0.25, 0.3) is 0 Å². The number of guanidine groups is 1. The fourth-order valence-electron chi connectivity index (χ4n) is 2.76. The fraction of sp³-hybridized carbons (Fsp3) is 0.381. The lowest BCUT2D eigenvalue weighted by atomic mass is 10.1. The SMILES string of the molecule is CCNC(=NCc1cccc(C(F)(F)F)c1)NCCCS(=O)(=O)Cc1ccccc1.I. The third kappa shape index (κ3) is 10.4. The van der Waals surface area contributed by atoms with Gasteiger partial charge in [-0.05, 0) is 36.6 Å². The second-order valence-corrected chi connectivity index (χ2v) is 8.94. The van der Waals surface area contributed by atoms with E-state index in [0.717, 1.165) is 17.7 Å². The number of aliphatic imine (C=N–C) groups is 1. The smallest absolute Gasteiger partial charge is 0.357 e. The molecule has 31 heavy (non-hydrogen) atoms. The van der Waals surface area contributed by atoms with Crippen molar-refractivity contribution in [2.45, 2.75) is 31.8 Å². The van der Waals surface area contributed by atoms with Crippen LogP contribution in [0.3, 0.4) is 0 Å². The number of nitrogens with one attached hydrogen (secondary N) is 2. The molecule has 10 heteroatoms. The Hall–Kier alpha value is -1.82. The highest BCUT2D eigenvalue weighted by Gasteiger charge is 2.30. The maximum Gasteiger partial charge on any atom is 0.416 e. The minimum atomic E-state index is -4.40. The van der Waals surface area contributed by atoms with Gasteiger partial charge in [0.1, 0.15) is 0 Å². The van der Waals surface area contributed by atoms with Crippen molar-refractivity contribution in [1.82, 2.24) is 10.6 Å². The second kappa shape index (κ2) is 12.9. The Morgan fingerprint density at radius 2 is 1.68 bits per heavy atom. The lowest BCUT2D eigenvalue weighted by molar-refractivity contribution is -0.137. The summed E-state index contributed by atoms with van der Waals surface area (Å²) in [5.74, 6) is 0.454. The number of alkyl halides is 3. The van der Waals surface area contributed by atoms with Gasteiger partial charge in [0.2, 0.25) is 0 Å². The zero-order valence-corrected chi connectivity index (χ0v) is 20.3. The number of sulfone groups is 1. The number of halogens is 4. The van der Waals surface area contributed by atoms with Gasteiger partial charge < -0.3 is 10.6 Å². The van der Waals surface area contributed by atoms with E-state index in [2.05, 4.69) is 15.6 Å². The third-order valence-electron chi connectivity index (χ3n) is 4.17. The summed E-state index contributed by atoms with van der Waals surface area (Å²) in [6.45, 7) is 2.89. The van der Waals surface area contributed by atoms with Gasteiger partial charge in [0, 0.05) is 13.1 Å². The molecule has 0 aliphatic carbocycles. The molecule has 2 N–H and O–H groups in total. The predicted octanol–water partition coefficient (Wildman–Crippen LogP) is 4.38. The summed E-state index contributed by atoms with van der Waals surface area (Å²) in [5, 5.41) is 6.03. The van der Waals surface area contributed by atoms with E-state index in [0.29, 0.717) is 31.0 Å². The van der Waals surface area contributed by atoms with E-state index in [1.54, 1.807) is 30.3 Å². The highest BCUT2D eigenvalue weighted by atomic mass is 127. The topological polar surface area (TPSA) is 70.6 Å². The number of hydrogen-bond acceptors (Lipinski definition) is 3. The van der Waals surface area contributed by atoms with Crippen LogP contribution in [0.5, 0.6) is 0 Å². The van der Waals surface area contributed by atoms with Gasteiger partial charge in [-0.25, -0.2) is 13.4 Å². The maximum absolute atomic E-state index is 12.8. The van der Waals surface area contributed by atoms with E-state index >= 15 is 0 Å². The standard InChI is InChI=1S/C21H26F3N3O2S.HI/c1-2-25-20(27-15-18-10-6-11-19(14-18)21(22,23)24)26-12-7-13-30(28,29)16-17-8-4-3-5-9-17;/h3-6,8-11,14H,2,7,12-13,15-16H2,1H3,(H2,25,26,27);1H. The summed E-state index contributed by atoms with van der Waals surface area (Å²) in [6, 6.07) is 14.0. The van der Waals surface area contributed by atoms with Gasteiger partial charge in [-0.2, -0.15) is 13.2 Å². The highest BCUT2D eigenvalue weighted by Crippen LogP contribution is 2.29. The minimum Gasteiger partial charge on any atom is -0.357 e. The van der Waals surface area contributed by atoms with E-state index < -0.39 is 21.6 Å². The van der Waals surface area contributed by atoms with Crippen molar-refractivity contribution in [2.24, 2.45) is 4.99 Å². The molecule has 0 spiro atoms. The lowest BCUT2D eigenvalue weighted by Crippen LogP contribution is -2.38. The van der Waals surface area contributed by atoms with Gasteiger partial charge in [0.05, 0.1) is 23.6 Å². The van der Waals surface area contributed by atoms with Crippen molar-refractivity contribution in [3.05, 3.63) is 71.3 Å². The van der Waals surface area contributed by atoms with Crippen LogP contribution >= 0.6 is 24.0 Å². The summed E-state index contributed by atoms with van der Waals surface area (Å²) in [4.78, 5) is 4.29. The summed E-state index contributed by atoms with van der Waals surface area (Å²) < 4.78 is 62.9. The molecule has 0 aliphatic heterocycles. The second-order valence-electron chi connectivity index (χ2n) is 6.75. The molecule has 0 aliphatic rings. The van der Waals surface area contributed by atoms with Crippen LogP contribution in [0, 0.1) is 0 Å².